The lowest BCUT2D eigenvalue weighted by molar-refractivity contribution is -0.139. The molecule has 4 rings (SSSR count). The summed E-state index contributed by atoms with van der Waals surface area (Å²) in [5.74, 6) is 2.32. The number of nitrogens with zero attached hydrogens (tertiary/aromatic N) is 5. The van der Waals surface area contributed by atoms with Gasteiger partial charge in [-0.15, -0.1) is 0 Å². The van der Waals surface area contributed by atoms with Gasteiger partial charge in [-0.25, -0.2) is 9.97 Å². The monoisotopic (exact) mass is 345 g/mol. The molecule has 0 bridgehead atoms. The van der Waals surface area contributed by atoms with Gasteiger partial charge in [-0.05, 0) is 25.7 Å². The fraction of sp³-hybridized carbons (Fsp3) is 0.722. The van der Waals surface area contributed by atoms with Gasteiger partial charge in [0, 0.05) is 45.3 Å². The van der Waals surface area contributed by atoms with Crippen molar-refractivity contribution in [3.05, 3.63) is 12.4 Å². The largest absolute Gasteiger partial charge is 0.378 e. The molecule has 1 aromatic rings. The molecule has 3 aliphatic rings. The first kappa shape index (κ1) is 16.6. The van der Waals surface area contributed by atoms with E-state index < -0.39 is 0 Å². The van der Waals surface area contributed by atoms with Gasteiger partial charge in [0.1, 0.15) is 18.0 Å². The summed E-state index contributed by atoms with van der Waals surface area (Å²) < 4.78 is 5.36. The van der Waals surface area contributed by atoms with Crippen LogP contribution in [0.2, 0.25) is 0 Å². The molecule has 0 aromatic carbocycles. The van der Waals surface area contributed by atoms with E-state index in [2.05, 4.69) is 25.8 Å². The highest BCUT2D eigenvalue weighted by Crippen LogP contribution is 2.26. The van der Waals surface area contributed by atoms with Crippen LogP contribution in [0.4, 0.5) is 11.6 Å². The van der Waals surface area contributed by atoms with Gasteiger partial charge in [0.2, 0.25) is 5.91 Å². The molecule has 0 aliphatic carbocycles. The topological polar surface area (TPSA) is 61.8 Å². The number of piperidine rings is 1. The summed E-state index contributed by atoms with van der Waals surface area (Å²) in [6.45, 7) is 6.64. The lowest BCUT2D eigenvalue weighted by Crippen LogP contribution is -2.48. The van der Waals surface area contributed by atoms with Crippen LogP contribution < -0.4 is 9.80 Å². The first-order chi connectivity index (χ1) is 12.3. The number of aromatic nitrogens is 2. The average Bonchev–Trinajstić information content (AvgIpc) is 3.23. The third-order valence-electron chi connectivity index (χ3n) is 5.49. The van der Waals surface area contributed by atoms with Crippen LogP contribution in [-0.4, -0.2) is 73.3 Å². The van der Waals surface area contributed by atoms with Gasteiger partial charge in [0.15, 0.2) is 0 Å². The van der Waals surface area contributed by atoms with Crippen molar-refractivity contribution < 1.29 is 9.53 Å². The zero-order valence-electron chi connectivity index (χ0n) is 14.8. The van der Waals surface area contributed by atoms with E-state index in [1.807, 2.05) is 4.90 Å². The third-order valence-corrected chi connectivity index (χ3v) is 5.49. The summed E-state index contributed by atoms with van der Waals surface area (Å²) in [5, 5.41) is 0. The Kier molecular flexibility index (Phi) is 5.01. The van der Waals surface area contributed by atoms with Gasteiger partial charge in [-0.2, -0.15) is 0 Å². The third kappa shape index (κ3) is 3.71. The molecule has 0 saturated carbocycles. The van der Waals surface area contributed by atoms with Gasteiger partial charge < -0.3 is 19.4 Å². The molecule has 136 valence electrons. The molecule has 1 unspecified atom stereocenters. The summed E-state index contributed by atoms with van der Waals surface area (Å²) in [6, 6.07) is 2.09. The number of anilines is 2. The van der Waals surface area contributed by atoms with Gasteiger partial charge in [0.25, 0.3) is 0 Å². The molecule has 25 heavy (non-hydrogen) atoms. The summed E-state index contributed by atoms with van der Waals surface area (Å²) in [4.78, 5) is 28.3. The second-order valence-corrected chi connectivity index (χ2v) is 7.15. The number of carbonyl (C=O) groups is 1. The van der Waals surface area contributed by atoms with Crippen LogP contribution in [0.25, 0.3) is 0 Å². The normalized spacial score (nSPS) is 24.6. The van der Waals surface area contributed by atoms with Crippen LogP contribution in [0.1, 0.15) is 25.7 Å². The van der Waals surface area contributed by atoms with E-state index in [0.717, 1.165) is 63.7 Å². The fourth-order valence-electron chi connectivity index (χ4n) is 4.06. The maximum atomic E-state index is 12.8. The Morgan fingerprint density at radius 3 is 2.40 bits per heavy atom. The van der Waals surface area contributed by atoms with Crippen LogP contribution in [0.5, 0.6) is 0 Å². The molecule has 1 aromatic heterocycles. The SMILES string of the molecule is O=C(C1CCCN(c2cc(N3CCCC3)ncn2)C1)N1CCOCC1. The van der Waals surface area contributed by atoms with Gasteiger partial charge in [-0.3, -0.25) is 4.79 Å². The Morgan fingerprint density at radius 2 is 1.64 bits per heavy atom. The molecule has 7 nitrogen and oxygen atoms in total. The van der Waals surface area contributed by atoms with Crippen LogP contribution in [0, 0.1) is 5.92 Å². The summed E-state index contributed by atoms with van der Waals surface area (Å²) in [5.41, 5.74) is 0. The predicted molar refractivity (Wildman–Crippen MR) is 95.8 cm³/mol. The van der Waals surface area contributed by atoms with Gasteiger partial charge >= 0.3 is 0 Å². The molecular weight excluding hydrogens is 318 g/mol. The van der Waals surface area contributed by atoms with Crippen molar-refractivity contribution in [2.45, 2.75) is 25.7 Å². The van der Waals surface area contributed by atoms with Crippen molar-refractivity contribution in [1.29, 1.82) is 0 Å². The Balaban J connectivity index is 1.43. The van der Waals surface area contributed by atoms with Gasteiger partial charge in [0.05, 0.1) is 19.1 Å². The van der Waals surface area contributed by atoms with Crippen LogP contribution >= 0.6 is 0 Å². The second-order valence-electron chi connectivity index (χ2n) is 7.15. The van der Waals surface area contributed by atoms with E-state index >= 15 is 0 Å². The molecule has 0 spiro atoms. The summed E-state index contributed by atoms with van der Waals surface area (Å²) in [7, 11) is 0. The zero-order chi connectivity index (χ0) is 17.1. The van der Waals surface area contributed by atoms with E-state index in [9.17, 15) is 4.79 Å². The second kappa shape index (κ2) is 7.56. The van der Waals surface area contributed by atoms with Gasteiger partial charge in [-0.1, -0.05) is 0 Å². The molecule has 1 amide bonds. The van der Waals surface area contributed by atoms with Crippen LogP contribution in [-0.2, 0) is 9.53 Å². The Labute approximate surface area is 149 Å². The number of carbonyl (C=O) groups excluding carboxylic acids is 1. The molecule has 3 saturated heterocycles. The highest BCUT2D eigenvalue weighted by atomic mass is 16.5. The van der Waals surface area contributed by atoms with Crippen molar-refractivity contribution in [3.63, 3.8) is 0 Å². The standard InChI is InChI=1S/C18H27N5O2/c24-18(22-8-10-25-11-9-22)15-4-3-7-23(13-15)17-12-16(19-14-20-17)21-5-1-2-6-21/h12,14-15H,1-11,13H2. The minimum atomic E-state index is 0.0667. The van der Waals surface area contributed by atoms with E-state index in [4.69, 9.17) is 4.74 Å². The smallest absolute Gasteiger partial charge is 0.227 e. The molecular formula is C18H27N5O2. The van der Waals surface area contributed by atoms with Crippen molar-refractivity contribution in [2.24, 2.45) is 5.92 Å². The lowest BCUT2D eigenvalue weighted by Gasteiger charge is -2.36. The van der Waals surface area contributed by atoms with Crippen LogP contribution in [0.3, 0.4) is 0 Å². The molecule has 0 N–H and O–H groups in total. The van der Waals surface area contributed by atoms with E-state index in [0.29, 0.717) is 13.2 Å². The number of rotatable bonds is 3. The minimum absolute atomic E-state index is 0.0667. The molecule has 0 radical (unpaired) electrons. The minimum Gasteiger partial charge on any atom is -0.378 e. The number of amides is 1. The quantitative estimate of drug-likeness (QED) is 0.819. The number of ether oxygens (including phenoxy) is 1. The molecule has 3 fully saturated rings. The Hall–Kier alpha value is -1.89. The number of morpholine rings is 1. The first-order valence-corrected chi connectivity index (χ1v) is 9.50. The summed E-state index contributed by atoms with van der Waals surface area (Å²) in [6.07, 6.45) is 6.13. The maximum absolute atomic E-state index is 12.8. The first-order valence-electron chi connectivity index (χ1n) is 9.50. The Bertz CT molecular complexity index is 599. The molecule has 3 aliphatic heterocycles. The van der Waals surface area contributed by atoms with Crippen molar-refractivity contribution in [2.75, 3.05) is 62.3 Å². The number of hydrogen-bond acceptors (Lipinski definition) is 6. The summed E-state index contributed by atoms with van der Waals surface area (Å²) >= 11 is 0. The van der Waals surface area contributed by atoms with Crippen molar-refractivity contribution in [3.8, 4) is 0 Å². The highest BCUT2D eigenvalue weighted by molar-refractivity contribution is 5.80. The zero-order valence-corrected chi connectivity index (χ0v) is 14.8. The molecule has 4 heterocycles. The van der Waals surface area contributed by atoms with E-state index in [-0.39, 0.29) is 11.8 Å². The fourth-order valence-corrected chi connectivity index (χ4v) is 4.06. The maximum Gasteiger partial charge on any atom is 0.227 e. The average molecular weight is 345 g/mol. The van der Waals surface area contributed by atoms with Crippen LogP contribution in [0.15, 0.2) is 12.4 Å². The van der Waals surface area contributed by atoms with E-state index in [1.54, 1.807) is 6.33 Å². The number of hydrogen-bond donors (Lipinski definition) is 0. The molecule has 1 atom stereocenters. The molecule has 7 heteroatoms. The Morgan fingerprint density at radius 1 is 0.960 bits per heavy atom. The predicted octanol–water partition coefficient (Wildman–Crippen LogP) is 1.15. The van der Waals surface area contributed by atoms with Crippen molar-refractivity contribution in [1.82, 2.24) is 14.9 Å². The van der Waals surface area contributed by atoms with Crippen molar-refractivity contribution >= 4 is 17.5 Å². The highest BCUT2D eigenvalue weighted by Gasteiger charge is 2.30. The van der Waals surface area contributed by atoms with E-state index in [1.165, 1.54) is 12.8 Å². The lowest BCUT2D eigenvalue weighted by atomic mass is 9.96.